The van der Waals surface area contributed by atoms with E-state index in [1.165, 1.54) is 23.2 Å². The lowest BCUT2D eigenvalue weighted by Gasteiger charge is -2.19. The minimum absolute atomic E-state index is 0.181. The highest BCUT2D eigenvalue weighted by Crippen LogP contribution is 2.26. The van der Waals surface area contributed by atoms with Crippen molar-refractivity contribution < 1.29 is 13.2 Å². The average Bonchev–Trinajstić information content (AvgIpc) is 3.02. The SMILES string of the molecule is O=C(NC1CCCCCC1)c1cc(S(=O)(=O)N2CCCC2)ccc1Br. The van der Waals surface area contributed by atoms with Crippen LogP contribution in [0, 0.1) is 0 Å². The Morgan fingerprint density at radius 2 is 1.68 bits per heavy atom. The van der Waals surface area contributed by atoms with Crippen molar-refractivity contribution in [3.8, 4) is 0 Å². The zero-order valence-corrected chi connectivity index (χ0v) is 16.7. The lowest BCUT2D eigenvalue weighted by Crippen LogP contribution is -2.35. The van der Waals surface area contributed by atoms with Crippen LogP contribution in [0.4, 0.5) is 0 Å². The second-order valence-electron chi connectivity index (χ2n) is 6.91. The third-order valence-electron chi connectivity index (χ3n) is 5.08. The van der Waals surface area contributed by atoms with Crippen molar-refractivity contribution in [2.75, 3.05) is 13.1 Å². The predicted octanol–water partition coefficient (Wildman–Crippen LogP) is 3.69. The van der Waals surface area contributed by atoms with E-state index in [1.807, 2.05) is 0 Å². The van der Waals surface area contributed by atoms with E-state index < -0.39 is 10.0 Å². The normalized spacial score (nSPS) is 20.4. The molecule has 1 saturated heterocycles. The first-order valence-electron chi connectivity index (χ1n) is 9.09. The number of carbonyl (C=O) groups excluding carboxylic acids is 1. The van der Waals surface area contributed by atoms with Crippen LogP contribution >= 0.6 is 15.9 Å². The molecule has 1 aliphatic carbocycles. The minimum atomic E-state index is -3.52. The van der Waals surface area contributed by atoms with E-state index in [4.69, 9.17) is 0 Å². The van der Waals surface area contributed by atoms with Gasteiger partial charge >= 0.3 is 0 Å². The van der Waals surface area contributed by atoms with Crippen LogP contribution in [0.3, 0.4) is 0 Å². The summed E-state index contributed by atoms with van der Waals surface area (Å²) in [6.45, 7) is 1.12. The second kappa shape index (κ2) is 8.18. The van der Waals surface area contributed by atoms with Crippen LogP contribution in [0.25, 0.3) is 0 Å². The second-order valence-corrected chi connectivity index (χ2v) is 9.71. The molecule has 1 heterocycles. The third-order valence-corrected chi connectivity index (χ3v) is 7.66. The molecule has 0 unspecified atom stereocenters. The molecule has 0 aromatic heterocycles. The fraction of sp³-hybridized carbons (Fsp3) is 0.611. The Morgan fingerprint density at radius 1 is 1.04 bits per heavy atom. The average molecular weight is 429 g/mol. The Labute approximate surface area is 158 Å². The number of amides is 1. The standard InChI is InChI=1S/C18H25BrN2O3S/c19-17-10-9-15(25(23,24)21-11-5-6-12-21)13-16(17)18(22)20-14-7-3-1-2-4-8-14/h9-10,13-14H,1-8,11-12H2,(H,20,22). The van der Waals surface area contributed by atoms with Crippen LogP contribution < -0.4 is 5.32 Å². The van der Waals surface area contributed by atoms with Crippen LogP contribution in [0.2, 0.25) is 0 Å². The van der Waals surface area contributed by atoms with E-state index in [0.717, 1.165) is 38.5 Å². The lowest BCUT2D eigenvalue weighted by atomic mass is 10.1. The summed E-state index contributed by atoms with van der Waals surface area (Å²) < 4.78 is 27.6. The van der Waals surface area contributed by atoms with Crippen molar-refractivity contribution in [2.45, 2.75) is 62.3 Å². The molecule has 1 saturated carbocycles. The molecule has 2 aliphatic rings. The predicted molar refractivity (Wildman–Crippen MR) is 101 cm³/mol. The number of benzene rings is 1. The summed E-state index contributed by atoms with van der Waals surface area (Å²) in [6, 6.07) is 4.91. The number of hydrogen-bond donors (Lipinski definition) is 1. The van der Waals surface area contributed by atoms with Gasteiger partial charge in [-0.2, -0.15) is 4.31 Å². The Morgan fingerprint density at radius 3 is 2.32 bits per heavy atom. The fourth-order valence-corrected chi connectivity index (χ4v) is 5.57. The highest BCUT2D eigenvalue weighted by molar-refractivity contribution is 9.10. The van der Waals surface area contributed by atoms with Crippen LogP contribution in [-0.2, 0) is 10.0 Å². The molecule has 0 radical (unpaired) electrons. The van der Waals surface area contributed by atoms with Crippen LogP contribution in [0.1, 0.15) is 61.7 Å². The molecular formula is C18H25BrN2O3S. The van der Waals surface area contributed by atoms with Gasteiger partial charge in [-0.25, -0.2) is 8.42 Å². The molecular weight excluding hydrogens is 404 g/mol. The quantitative estimate of drug-likeness (QED) is 0.743. The van der Waals surface area contributed by atoms with Crippen molar-refractivity contribution in [3.05, 3.63) is 28.2 Å². The van der Waals surface area contributed by atoms with Gasteiger partial charge in [0.2, 0.25) is 10.0 Å². The van der Waals surface area contributed by atoms with Crippen LogP contribution in [0.15, 0.2) is 27.6 Å². The van der Waals surface area contributed by atoms with Crippen molar-refractivity contribution in [3.63, 3.8) is 0 Å². The first-order valence-corrected chi connectivity index (χ1v) is 11.3. The Hall–Kier alpha value is -0.920. The number of hydrogen-bond acceptors (Lipinski definition) is 3. The molecule has 0 atom stereocenters. The van der Waals surface area contributed by atoms with Crippen LogP contribution in [-0.4, -0.2) is 37.8 Å². The van der Waals surface area contributed by atoms with E-state index in [9.17, 15) is 13.2 Å². The number of nitrogens with one attached hydrogen (secondary N) is 1. The zero-order chi connectivity index (χ0) is 17.9. The fourth-order valence-electron chi connectivity index (χ4n) is 3.60. The summed E-state index contributed by atoms with van der Waals surface area (Å²) in [5, 5.41) is 3.09. The number of carbonyl (C=O) groups is 1. The van der Waals surface area contributed by atoms with E-state index in [1.54, 1.807) is 12.1 Å². The number of rotatable bonds is 4. The summed E-state index contributed by atoms with van der Waals surface area (Å²) in [4.78, 5) is 12.9. The smallest absolute Gasteiger partial charge is 0.252 e. The molecule has 1 aliphatic heterocycles. The summed E-state index contributed by atoms with van der Waals surface area (Å²) in [5.74, 6) is -0.197. The van der Waals surface area contributed by atoms with Crippen molar-refractivity contribution in [1.82, 2.24) is 9.62 Å². The molecule has 3 rings (SSSR count). The van der Waals surface area contributed by atoms with E-state index >= 15 is 0 Å². The van der Waals surface area contributed by atoms with Gasteiger partial charge in [0, 0.05) is 23.6 Å². The van der Waals surface area contributed by atoms with Crippen molar-refractivity contribution in [2.24, 2.45) is 0 Å². The highest BCUT2D eigenvalue weighted by atomic mass is 79.9. The summed E-state index contributed by atoms with van der Waals surface area (Å²) in [6.07, 6.45) is 8.49. The van der Waals surface area contributed by atoms with Gasteiger partial charge in [0.05, 0.1) is 10.5 Å². The molecule has 25 heavy (non-hydrogen) atoms. The molecule has 138 valence electrons. The topological polar surface area (TPSA) is 66.5 Å². The van der Waals surface area contributed by atoms with E-state index in [0.29, 0.717) is 23.1 Å². The zero-order valence-electron chi connectivity index (χ0n) is 14.3. The van der Waals surface area contributed by atoms with Gasteiger partial charge < -0.3 is 5.32 Å². The largest absolute Gasteiger partial charge is 0.349 e. The molecule has 0 bridgehead atoms. The minimum Gasteiger partial charge on any atom is -0.349 e. The molecule has 1 aromatic rings. The summed E-state index contributed by atoms with van der Waals surface area (Å²) >= 11 is 3.39. The first-order chi connectivity index (χ1) is 12.0. The molecule has 2 fully saturated rings. The monoisotopic (exact) mass is 428 g/mol. The molecule has 1 N–H and O–H groups in total. The van der Waals surface area contributed by atoms with Gasteiger partial charge in [0.1, 0.15) is 0 Å². The molecule has 1 amide bonds. The molecule has 7 heteroatoms. The third kappa shape index (κ3) is 4.44. The van der Waals surface area contributed by atoms with E-state index in [-0.39, 0.29) is 16.8 Å². The highest BCUT2D eigenvalue weighted by Gasteiger charge is 2.28. The molecule has 5 nitrogen and oxygen atoms in total. The molecule has 0 spiro atoms. The number of sulfonamides is 1. The molecule has 1 aromatic carbocycles. The summed E-state index contributed by atoms with van der Waals surface area (Å²) in [7, 11) is -3.52. The Kier molecular flexibility index (Phi) is 6.17. The van der Waals surface area contributed by atoms with Crippen molar-refractivity contribution >= 4 is 31.9 Å². The number of nitrogens with zero attached hydrogens (tertiary/aromatic N) is 1. The maximum absolute atomic E-state index is 12.7. The van der Waals surface area contributed by atoms with Gasteiger partial charge in [0.25, 0.3) is 5.91 Å². The number of halogens is 1. The van der Waals surface area contributed by atoms with Gasteiger partial charge in [-0.05, 0) is 59.8 Å². The van der Waals surface area contributed by atoms with Gasteiger partial charge in [-0.15, -0.1) is 0 Å². The lowest BCUT2D eigenvalue weighted by molar-refractivity contribution is 0.0932. The summed E-state index contributed by atoms with van der Waals surface area (Å²) in [5.41, 5.74) is 0.393. The van der Waals surface area contributed by atoms with Gasteiger partial charge in [-0.3, -0.25) is 4.79 Å². The Bertz CT molecular complexity index is 722. The van der Waals surface area contributed by atoms with E-state index in [2.05, 4.69) is 21.2 Å². The van der Waals surface area contributed by atoms with Crippen molar-refractivity contribution in [1.29, 1.82) is 0 Å². The van der Waals surface area contributed by atoms with Crippen LogP contribution in [0.5, 0.6) is 0 Å². The first kappa shape index (κ1) is 18.9. The maximum atomic E-state index is 12.7. The van der Waals surface area contributed by atoms with Gasteiger partial charge in [-0.1, -0.05) is 25.7 Å². The van der Waals surface area contributed by atoms with Gasteiger partial charge in [0.15, 0.2) is 0 Å². The maximum Gasteiger partial charge on any atom is 0.252 e. The Balaban J connectivity index is 1.80.